The highest BCUT2D eigenvalue weighted by Crippen LogP contribution is 2.17. The topological polar surface area (TPSA) is 63.6 Å². The third kappa shape index (κ3) is 2.56. The number of carboxylic acid groups (broad SMARTS) is 1. The SMILES string of the molecule is COC(=O)C(C)c1cccc(C(=O)O)c1. The summed E-state index contributed by atoms with van der Waals surface area (Å²) >= 11 is 0. The molecule has 0 radical (unpaired) electrons. The van der Waals surface area contributed by atoms with Crippen LogP contribution in [0.3, 0.4) is 0 Å². The largest absolute Gasteiger partial charge is 0.478 e. The van der Waals surface area contributed by atoms with Gasteiger partial charge in [-0.3, -0.25) is 4.79 Å². The normalized spacial score (nSPS) is 11.9. The molecule has 0 saturated heterocycles. The zero-order chi connectivity index (χ0) is 11.4. The monoisotopic (exact) mass is 208 g/mol. The minimum atomic E-state index is -1.01. The second-order valence-corrected chi connectivity index (χ2v) is 3.18. The van der Waals surface area contributed by atoms with Crippen LogP contribution in [0.15, 0.2) is 24.3 Å². The van der Waals surface area contributed by atoms with E-state index in [2.05, 4.69) is 4.74 Å². The first-order chi connectivity index (χ1) is 7.06. The molecular weight excluding hydrogens is 196 g/mol. The summed E-state index contributed by atoms with van der Waals surface area (Å²) in [6, 6.07) is 6.27. The molecule has 1 unspecified atom stereocenters. The van der Waals surface area contributed by atoms with Crippen LogP contribution in [-0.4, -0.2) is 24.2 Å². The van der Waals surface area contributed by atoms with Gasteiger partial charge in [-0.05, 0) is 24.6 Å². The molecule has 0 heterocycles. The van der Waals surface area contributed by atoms with Crippen molar-refractivity contribution in [1.82, 2.24) is 0 Å². The van der Waals surface area contributed by atoms with Gasteiger partial charge in [-0.2, -0.15) is 0 Å². The Bertz CT molecular complexity index is 384. The van der Waals surface area contributed by atoms with Crippen molar-refractivity contribution in [3.63, 3.8) is 0 Å². The van der Waals surface area contributed by atoms with Crippen LogP contribution in [0, 0.1) is 0 Å². The third-order valence-corrected chi connectivity index (χ3v) is 2.19. The van der Waals surface area contributed by atoms with Crippen LogP contribution in [0.1, 0.15) is 28.8 Å². The van der Waals surface area contributed by atoms with Gasteiger partial charge < -0.3 is 9.84 Å². The van der Waals surface area contributed by atoms with E-state index in [1.54, 1.807) is 19.1 Å². The third-order valence-electron chi connectivity index (χ3n) is 2.19. The molecule has 0 fully saturated rings. The molecule has 4 heteroatoms. The first-order valence-corrected chi connectivity index (χ1v) is 4.47. The van der Waals surface area contributed by atoms with E-state index in [1.807, 2.05) is 0 Å². The van der Waals surface area contributed by atoms with E-state index in [-0.39, 0.29) is 11.5 Å². The summed E-state index contributed by atoms with van der Waals surface area (Å²) in [7, 11) is 1.31. The molecule has 1 aromatic carbocycles. The number of benzene rings is 1. The minimum Gasteiger partial charge on any atom is -0.478 e. The second-order valence-electron chi connectivity index (χ2n) is 3.18. The van der Waals surface area contributed by atoms with Crippen molar-refractivity contribution in [2.24, 2.45) is 0 Å². The number of ether oxygens (including phenoxy) is 1. The van der Waals surface area contributed by atoms with Crippen LogP contribution in [-0.2, 0) is 9.53 Å². The van der Waals surface area contributed by atoms with E-state index in [4.69, 9.17) is 5.11 Å². The molecule has 1 aromatic rings. The summed E-state index contributed by atoms with van der Waals surface area (Å²) in [5, 5.41) is 8.77. The number of carbonyl (C=O) groups excluding carboxylic acids is 1. The molecule has 0 aliphatic rings. The molecule has 0 aliphatic heterocycles. The van der Waals surface area contributed by atoms with E-state index in [0.29, 0.717) is 5.56 Å². The predicted octanol–water partition coefficient (Wildman–Crippen LogP) is 1.66. The van der Waals surface area contributed by atoms with Gasteiger partial charge >= 0.3 is 11.9 Å². The van der Waals surface area contributed by atoms with Crippen LogP contribution in [0.4, 0.5) is 0 Å². The zero-order valence-electron chi connectivity index (χ0n) is 8.56. The minimum absolute atomic E-state index is 0.170. The van der Waals surface area contributed by atoms with Crippen molar-refractivity contribution >= 4 is 11.9 Å². The average molecular weight is 208 g/mol. The number of hydrogen-bond donors (Lipinski definition) is 1. The predicted molar refractivity (Wildman–Crippen MR) is 53.8 cm³/mol. The quantitative estimate of drug-likeness (QED) is 0.767. The highest BCUT2D eigenvalue weighted by Gasteiger charge is 2.16. The summed E-state index contributed by atoms with van der Waals surface area (Å²) in [6.07, 6.45) is 0. The fourth-order valence-corrected chi connectivity index (χ4v) is 1.25. The summed E-state index contributed by atoms with van der Waals surface area (Å²) in [5.41, 5.74) is 0.810. The standard InChI is InChI=1S/C11H12O4/c1-7(11(14)15-2)8-4-3-5-9(6-8)10(12)13/h3-7H,1-2H3,(H,12,13). The Kier molecular flexibility index (Phi) is 3.44. The van der Waals surface area contributed by atoms with E-state index in [0.717, 1.165) is 0 Å². The van der Waals surface area contributed by atoms with Crippen LogP contribution in [0.5, 0.6) is 0 Å². The summed E-state index contributed by atoms with van der Waals surface area (Å²) < 4.78 is 4.58. The maximum Gasteiger partial charge on any atom is 0.335 e. The maximum atomic E-state index is 11.2. The van der Waals surface area contributed by atoms with Crippen LogP contribution >= 0.6 is 0 Å². The van der Waals surface area contributed by atoms with Gasteiger partial charge in [0.1, 0.15) is 0 Å². The lowest BCUT2D eigenvalue weighted by Gasteiger charge is -2.09. The molecule has 0 spiro atoms. The van der Waals surface area contributed by atoms with Crippen molar-refractivity contribution in [2.75, 3.05) is 7.11 Å². The van der Waals surface area contributed by atoms with Gasteiger partial charge in [-0.25, -0.2) is 4.79 Å². The maximum absolute atomic E-state index is 11.2. The summed E-state index contributed by atoms with van der Waals surface area (Å²) in [6.45, 7) is 1.67. The molecule has 15 heavy (non-hydrogen) atoms. The Morgan fingerprint density at radius 1 is 1.40 bits per heavy atom. The van der Waals surface area contributed by atoms with Gasteiger partial charge in [0.2, 0.25) is 0 Å². The van der Waals surface area contributed by atoms with Gasteiger partial charge in [0.25, 0.3) is 0 Å². The first kappa shape index (κ1) is 11.2. The summed E-state index contributed by atoms with van der Waals surface area (Å²) in [4.78, 5) is 21.9. The van der Waals surface area contributed by atoms with E-state index in [1.165, 1.54) is 19.2 Å². The van der Waals surface area contributed by atoms with Gasteiger partial charge in [-0.1, -0.05) is 12.1 Å². The van der Waals surface area contributed by atoms with E-state index in [9.17, 15) is 9.59 Å². The number of methoxy groups -OCH3 is 1. The lowest BCUT2D eigenvalue weighted by molar-refractivity contribution is -0.142. The molecule has 0 saturated carbocycles. The first-order valence-electron chi connectivity index (χ1n) is 4.47. The number of aromatic carboxylic acids is 1. The summed E-state index contributed by atoms with van der Waals surface area (Å²) in [5.74, 6) is -1.83. The molecular formula is C11H12O4. The van der Waals surface area contributed by atoms with Crippen LogP contribution < -0.4 is 0 Å². The number of rotatable bonds is 3. The van der Waals surface area contributed by atoms with Crippen molar-refractivity contribution < 1.29 is 19.4 Å². The molecule has 0 amide bonds. The van der Waals surface area contributed by atoms with Crippen LogP contribution in [0.2, 0.25) is 0 Å². The molecule has 0 bridgehead atoms. The molecule has 1 rings (SSSR count). The smallest absolute Gasteiger partial charge is 0.335 e. The van der Waals surface area contributed by atoms with Gasteiger partial charge in [0.15, 0.2) is 0 Å². The molecule has 1 N–H and O–H groups in total. The highest BCUT2D eigenvalue weighted by atomic mass is 16.5. The van der Waals surface area contributed by atoms with Crippen LogP contribution in [0.25, 0.3) is 0 Å². The Labute approximate surface area is 87.5 Å². The molecule has 80 valence electrons. The lowest BCUT2D eigenvalue weighted by atomic mass is 9.99. The van der Waals surface area contributed by atoms with Gasteiger partial charge in [-0.15, -0.1) is 0 Å². The Morgan fingerprint density at radius 2 is 2.07 bits per heavy atom. The number of carbonyl (C=O) groups is 2. The highest BCUT2D eigenvalue weighted by molar-refractivity contribution is 5.88. The lowest BCUT2D eigenvalue weighted by Crippen LogP contribution is -2.11. The average Bonchev–Trinajstić information content (AvgIpc) is 2.27. The Morgan fingerprint density at radius 3 is 2.60 bits per heavy atom. The number of carboxylic acids is 1. The Balaban J connectivity index is 3.00. The molecule has 4 nitrogen and oxygen atoms in total. The second kappa shape index (κ2) is 4.59. The van der Waals surface area contributed by atoms with Crippen molar-refractivity contribution in [3.8, 4) is 0 Å². The molecule has 0 aliphatic carbocycles. The van der Waals surface area contributed by atoms with E-state index < -0.39 is 11.9 Å². The van der Waals surface area contributed by atoms with E-state index >= 15 is 0 Å². The number of hydrogen-bond acceptors (Lipinski definition) is 3. The van der Waals surface area contributed by atoms with Gasteiger partial charge in [0, 0.05) is 0 Å². The number of esters is 1. The fraction of sp³-hybridized carbons (Fsp3) is 0.273. The molecule has 1 atom stereocenters. The zero-order valence-corrected chi connectivity index (χ0v) is 8.56. The van der Waals surface area contributed by atoms with Crippen molar-refractivity contribution in [1.29, 1.82) is 0 Å². The van der Waals surface area contributed by atoms with Gasteiger partial charge in [0.05, 0.1) is 18.6 Å². The Hall–Kier alpha value is -1.84. The molecule has 0 aromatic heterocycles. The van der Waals surface area contributed by atoms with Crippen molar-refractivity contribution in [2.45, 2.75) is 12.8 Å². The fourth-order valence-electron chi connectivity index (χ4n) is 1.25. The van der Waals surface area contributed by atoms with Crippen molar-refractivity contribution in [3.05, 3.63) is 35.4 Å².